The average molecular weight is 261 g/mol. The van der Waals surface area contributed by atoms with Gasteiger partial charge in [-0.3, -0.25) is 0 Å². The molecule has 0 bridgehead atoms. The fourth-order valence-electron chi connectivity index (χ4n) is 2.02. The van der Waals surface area contributed by atoms with E-state index in [9.17, 15) is 0 Å². The molecule has 2 heterocycles. The number of aromatic nitrogens is 2. The summed E-state index contributed by atoms with van der Waals surface area (Å²) in [5.74, 6) is 0.553. The predicted molar refractivity (Wildman–Crippen MR) is 72.0 cm³/mol. The third-order valence-corrected chi connectivity index (χ3v) is 3.34. The molecule has 0 aliphatic carbocycles. The molecule has 92 valence electrons. The third-order valence-electron chi connectivity index (χ3n) is 3.03. The van der Waals surface area contributed by atoms with E-state index in [2.05, 4.69) is 20.6 Å². The van der Waals surface area contributed by atoms with Crippen LogP contribution < -0.4 is 10.6 Å². The van der Waals surface area contributed by atoms with Crippen LogP contribution in [0.2, 0.25) is 5.15 Å². The maximum absolute atomic E-state index is 6.15. The monoisotopic (exact) mass is 260 g/mol. The molecule has 18 heavy (non-hydrogen) atoms. The summed E-state index contributed by atoms with van der Waals surface area (Å²) in [5, 5.41) is 6.95. The second-order valence-electron chi connectivity index (χ2n) is 4.31. The van der Waals surface area contributed by atoms with Crippen LogP contribution in [0.4, 0.5) is 11.6 Å². The minimum Gasteiger partial charge on any atom is -0.324 e. The van der Waals surface area contributed by atoms with E-state index < -0.39 is 0 Å². The highest BCUT2D eigenvalue weighted by Crippen LogP contribution is 2.24. The van der Waals surface area contributed by atoms with Gasteiger partial charge in [-0.15, -0.1) is 0 Å². The number of nitrogens with zero attached hydrogens (tertiary/aromatic N) is 2. The van der Waals surface area contributed by atoms with E-state index in [0.29, 0.717) is 11.1 Å². The van der Waals surface area contributed by atoms with Crippen LogP contribution in [0.25, 0.3) is 0 Å². The van der Waals surface area contributed by atoms with Crippen molar-refractivity contribution in [3.63, 3.8) is 0 Å². The molecule has 0 unspecified atom stereocenters. The first kappa shape index (κ1) is 11.4. The minimum absolute atomic E-state index is 0.529. The second kappa shape index (κ2) is 4.55. The smallest absolute Gasteiger partial charge is 0.228 e. The van der Waals surface area contributed by atoms with Crippen molar-refractivity contribution in [2.75, 3.05) is 5.32 Å². The Morgan fingerprint density at radius 1 is 1.22 bits per heavy atom. The lowest BCUT2D eigenvalue weighted by Crippen LogP contribution is -2.02. The summed E-state index contributed by atoms with van der Waals surface area (Å²) < 4.78 is 0. The highest BCUT2D eigenvalue weighted by Gasteiger charge is 2.17. The summed E-state index contributed by atoms with van der Waals surface area (Å²) in [6.07, 6.45) is 0. The first-order chi connectivity index (χ1) is 8.74. The molecule has 1 aromatic heterocycles. The summed E-state index contributed by atoms with van der Waals surface area (Å²) in [6, 6.07) is 8.02. The van der Waals surface area contributed by atoms with Gasteiger partial charge in [0.05, 0.1) is 5.69 Å². The molecule has 4 nitrogen and oxygen atoms in total. The SMILES string of the molecule is Cc1ccccc1Nc1nc(Cl)c2c(n1)CNC2. The van der Waals surface area contributed by atoms with Crippen LogP contribution in [0.5, 0.6) is 0 Å². The summed E-state index contributed by atoms with van der Waals surface area (Å²) in [5.41, 5.74) is 4.13. The van der Waals surface area contributed by atoms with Crippen LogP contribution in [0.15, 0.2) is 24.3 Å². The molecule has 2 N–H and O–H groups in total. The van der Waals surface area contributed by atoms with Crippen LogP contribution in [-0.4, -0.2) is 9.97 Å². The van der Waals surface area contributed by atoms with E-state index in [1.54, 1.807) is 0 Å². The number of para-hydroxylation sites is 1. The zero-order valence-corrected chi connectivity index (χ0v) is 10.8. The summed E-state index contributed by atoms with van der Waals surface area (Å²) >= 11 is 6.15. The number of hydrogen-bond acceptors (Lipinski definition) is 4. The third kappa shape index (κ3) is 2.05. The molecular formula is C13H13ClN4. The van der Waals surface area contributed by atoms with Crippen LogP contribution in [0.1, 0.15) is 16.8 Å². The van der Waals surface area contributed by atoms with Crippen molar-refractivity contribution in [1.29, 1.82) is 0 Å². The Hall–Kier alpha value is -1.65. The van der Waals surface area contributed by atoms with Crippen molar-refractivity contribution < 1.29 is 0 Å². The molecule has 2 aromatic rings. The number of hydrogen-bond donors (Lipinski definition) is 2. The van der Waals surface area contributed by atoms with Crippen LogP contribution in [0.3, 0.4) is 0 Å². The van der Waals surface area contributed by atoms with Gasteiger partial charge in [0.2, 0.25) is 5.95 Å². The number of aryl methyl sites for hydroxylation is 1. The van der Waals surface area contributed by atoms with Gasteiger partial charge in [-0.25, -0.2) is 9.97 Å². The number of halogens is 1. The number of fused-ring (bicyclic) bond motifs is 1. The summed E-state index contributed by atoms with van der Waals surface area (Å²) in [7, 11) is 0. The first-order valence-electron chi connectivity index (χ1n) is 5.82. The Morgan fingerprint density at radius 3 is 2.89 bits per heavy atom. The Morgan fingerprint density at radius 2 is 2.06 bits per heavy atom. The topological polar surface area (TPSA) is 49.8 Å². The van der Waals surface area contributed by atoms with E-state index in [1.807, 2.05) is 31.2 Å². The normalized spacial score (nSPS) is 13.4. The van der Waals surface area contributed by atoms with Crippen molar-refractivity contribution >= 4 is 23.2 Å². The van der Waals surface area contributed by atoms with Gasteiger partial charge < -0.3 is 10.6 Å². The van der Waals surface area contributed by atoms with E-state index in [0.717, 1.165) is 35.6 Å². The highest BCUT2D eigenvalue weighted by molar-refractivity contribution is 6.30. The lowest BCUT2D eigenvalue weighted by Gasteiger charge is -2.09. The molecule has 0 fully saturated rings. The predicted octanol–water partition coefficient (Wildman–Crippen LogP) is 2.79. The first-order valence-corrected chi connectivity index (χ1v) is 6.20. The Balaban J connectivity index is 1.95. The van der Waals surface area contributed by atoms with Gasteiger partial charge in [-0.05, 0) is 18.6 Å². The molecule has 0 spiro atoms. The average Bonchev–Trinajstić information content (AvgIpc) is 2.81. The van der Waals surface area contributed by atoms with Crippen LogP contribution in [0, 0.1) is 6.92 Å². The maximum atomic E-state index is 6.15. The van der Waals surface area contributed by atoms with E-state index in [4.69, 9.17) is 11.6 Å². The highest BCUT2D eigenvalue weighted by atomic mass is 35.5. The number of benzene rings is 1. The van der Waals surface area contributed by atoms with Gasteiger partial charge in [0.25, 0.3) is 0 Å². The Kier molecular flexibility index (Phi) is 2.89. The molecule has 0 radical (unpaired) electrons. The molecule has 5 heteroatoms. The van der Waals surface area contributed by atoms with Crippen LogP contribution in [-0.2, 0) is 13.1 Å². The molecular weight excluding hydrogens is 248 g/mol. The second-order valence-corrected chi connectivity index (χ2v) is 4.66. The van der Waals surface area contributed by atoms with Crippen molar-refractivity contribution in [2.24, 2.45) is 0 Å². The van der Waals surface area contributed by atoms with Gasteiger partial charge in [-0.1, -0.05) is 29.8 Å². The molecule has 1 aliphatic heterocycles. The van der Waals surface area contributed by atoms with Gasteiger partial charge in [-0.2, -0.15) is 0 Å². The van der Waals surface area contributed by atoms with E-state index >= 15 is 0 Å². The molecule has 3 rings (SSSR count). The summed E-state index contributed by atoms with van der Waals surface area (Å²) in [6.45, 7) is 3.54. The molecule has 1 aromatic carbocycles. The fourth-order valence-corrected chi connectivity index (χ4v) is 2.27. The fraction of sp³-hybridized carbons (Fsp3) is 0.231. The van der Waals surface area contributed by atoms with Gasteiger partial charge in [0.1, 0.15) is 5.15 Å². The molecule has 0 saturated heterocycles. The van der Waals surface area contributed by atoms with E-state index in [-0.39, 0.29) is 0 Å². The van der Waals surface area contributed by atoms with Crippen LogP contribution >= 0.6 is 11.6 Å². The molecule has 0 atom stereocenters. The molecule has 1 aliphatic rings. The number of nitrogens with one attached hydrogen (secondary N) is 2. The molecule has 0 amide bonds. The quantitative estimate of drug-likeness (QED) is 0.816. The van der Waals surface area contributed by atoms with Gasteiger partial charge >= 0.3 is 0 Å². The number of anilines is 2. The summed E-state index contributed by atoms with van der Waals surface area (Å²) in [4.78, 5) is 8.77. The molecule has 0 saturated carbocycles. The van der Waals surface area contributed by atoms with Gasteiger partial charge in [0.15, 0.2) is 0 Å². The Labute approximate surface area is 110 Å². The lowest BCUT2D eigenvalue weighted by molar-refractivity contribution is 0.758. The van der Waals surface area contributed by atoms with Crippen molar-refractivity contribution in [3.05, 3.63) is 46.2 Å². The minimum atomic E-state index is 0.529. The zero-order valence-electron chi connectivity index (χ0n) is 10.00. The standard InChI is InChI=1S/C13H13ClN4/c1-8-4-2-3-5-10(8)16-13-17-11-7-15-6-9(11)12(14)18-13/h2-5,15H,6-7H2,1H3,(H,16,17,18). The van der Waals surface area contributed by atoms with Crippen molar-refractivity contribution in [1.82, 2.24) is 15.3 Å². The van der Waals surface area contributed by atoms with Gasteiger partial charge in [0, 0.05) is 24.3 Å². The van der Waals surface area contributed by atoms with Crippen molar-refractivity contribution in [2.45, 2.75) is 20.0 Å². The largest absolute Gasteiger partial charge is 0.324 e. The zero-order chi connectivity index (χ0) is 12.5. The van der Waals surface area contributed by atoms with Crippen molar-refractivity contribution in [3.8, 4) is 0 Å². The number of rotatable bonds is 2. The maximum Gasteiger partial charge on any atom is 0.228 e. The lowest BCUT2D eigenvalue weighted by atomic mass is 10.2. The Bertz CT molecular complexity index is 598. The van der Waals surface area contributed by atoms with E-state index in [1.165, 1.54) is 0 Å².